The van der Waals surface area contributed by atoms with Crippen LogP contribution in [0.5, 0.6) is 0 Å². The lowest BCUT2D eigenvalue weighted by Gasteiger charge is -2.16. The van der Waals surface area contributed by atoms with E-state index in [-0.39, 0.29) is 18.3 Å². The van der Waals surface area contributed by atoms with Gasteiger partial charge in [-0.3, -0.25) is 0 Å². The van der Waals surface area contributed by atoms with Crippen LogP contribution in [0.1, 0.15) is 32.3 Å². The minimum absolute atomic E-state index is 0.252. The van der Waals surface area contributed by atoms with Crippen molar-refractivity contribution in [2.75, 3.05) is 0 Å². The summed E-state index contributed by atoms with van der Waals surface area (Å²) in [7, 11) is -3.62. The van der Waals surface area contributed by atoms with Crippen molar-refractivity contribution in [3.05, 3.63) is 35.6 Å². The lowest BCUT2D eigenvalue weighted by atomic mass is 10.1. The fourth-order valence-corrected chi connectivity index (χ4v) is 3.30. The molecule has 0 spiro atoms. The summed E-state index contributed by atoms with van der Waals surface area (Å²) < 4.78 is 39.3. The zero-order valence-electron chi connectivity index (χ0n) is 11.6. The monoisotopic (exact) mass is 298 g/mol. The Kier molecular flexibility index (Phi) is 6.11. The summed E-state index contributed by atoms with van der Waals surface area (Å²) in [5.41, 5.74) is 0.823. The van der Waals surface area contributed by atoms with Gasteiger partial charge in [0.2, 0.25) is 10.0 Å². The third-order valence-electron chi connectivity index (χ3n) is 3.01. The van der Waals surface area contributed by atoms with Crippen LogP contribution in [0.4, 0.5) is 4.39 Å². The smallest absolute Gasteiger partial charge is 0.211 e. The van der Waals surface area contributed by atoms with Crippen LogP contribution in [0.2, 0.25) is 0 Å². The molecule has 0 aliphatic heterocycles. The van der Waals surface area contributed by atoms with Gasteiger partial charge in [-0.05, 0) is 43.9 Å². The minimum Gasteiger partial charge on any atom is -0.211 e. The van der Waals surface area contributed by atoms with E-state index in [2.05, 4.69) is 4.72 Å². The second-order valence-corrected chi connectivity index (χ2v) is 6.65. The Morgan fingerprint density at radius 3 is 2.70 bits per heavy atom. The van der Waals surface area contributed by atoms with Crippen LogP contribution in [-0.2, 0) is 16.4 Å². The van der Waals surface area contributed by atoms with Gasteiger partial charge >= 0.3 is 0 Å². The third-order valence-corrected chi connectivity index (χ3v) is 4.93. The molecule has 20 heavy (non-hydrogen) atoms. The SMILES string of the molecule is CCC(C#N)S(=O)(=O)NC(C)CCc1cccc(F)c1. The number of benzene rings is 1. The van der Waals surface area contributed by atoms with E-state index >= 15 is 0 Å². The molecule has 0 saturated carbocycles. The van der Waals surface area contributed by atoms with Gasteiger partial charge in [0.1, 0.15) is 5.82 Å². The molecule has 0 aromatic heterocycles. The van der Waals surface area contributed by atoms with E-state index in [4.69, 9.17) is 5.26 Å². The van der Waals surface area contributed by atoms with Crippen LogP contribution in [0.25, 0.3) is 0 Å². The topological polar surface area (TPSA) is 70.0 Å². The second-order valence-electron chi connectivity index (χ2n) is 4.76. The largest absolute Gasteiger partial charge is 0.228 e. The van der Waals surface area contributed by atoms with E-state index in [1.807, 2.05) is 0 Å². The van der Waals surface area contributed by atoms with Crippen molar-refractivity contribution in [3.63, 3.8) is 0 Å². The van der Waals surface area contributed by atoms with Crippen molar-refractivity contribution in [2.45, 2.75) is 44.4 Å². The van der Waals surface area contributed by atoms with Crippen molar-refractivity contribution in [1.29, 1.82) is 5.26 Å². The Morgan fingerprint density at radius 2 is 2.15 bits per heavy atom. The maximum Gasteiger partial charge on any atom is 0.228 e. The van der Waals surface area contributed by atoms with Crippen LogP contribution < -0.4 is 4.72 Å². The van der Waals surface area contributed by atoms with E-state index in [0.717, 1.165) is 5.56 Å². The summed E-state index contributed by atoms with van der Waals surface area (Å²) in [5, 5.41) is 7.77. The van der Waals surface area contributed by atoms with Crippen LogP contribution in [0, 0.1) is 17.1 Å². The molecule has 0 amide bonds. The Labute approximate surface area is 119 Å². The molecule has 1 rings (SSSR count). The summed E-state index contributed by atoms with van der Waals surface area (Å²) in [6.07, 6.45) is 1.37. The predicted octanol–water partition coefficient (Wildman–Crippen LogP) is 2.37. The summed E-state index contributed by atoms with van der Waals surface area (Å²) in [6.45, 7) is 3.39. The first-order valence-electron chi connectivity index (χ1n) is 6.54. The maximum atomic E-state index is 13.0. The van der Waals surface area contributed by atoms with Gasteiger partial charge in [-0.25, -0.2) is 17.5 Å². The average Bonchev–Trinajstić information content (AvgIpc) is 2.37. The molecular formula is C14H19FN2O2S. The highest BCUT2D eigenvalue weighted by atomic mass is 32.2. The van der Waals surface area contributed by atoms with Gasteiger partial charge in [0.05, 0.1) is 6.07 Å². The summed E-state index contributed by atoms with van der Waals surface area (Å²) >= 11 is 0. The van der Waals surface area contributed by atoms with Crippen LogP contribution in [-0.4, -0.2) is 19.7 Å². The first kappa shape index (κ1) is 16.6. The summed E-state index contributed by atoms with van der Waals surface area (Å²) in [5.74, 6) is -0.300. The first-order chi connectivity index (χ1) is 9.39. The number of aryl methyl sites for hydroxylation is 1. The molecule has 0 aliphatic carbocycles. The zero-order chi connectivity index (χ0) is 15.2. The van der Waals surface area contributed by atoms with E-state index in [9.17, 15) is 12.8 Å². The van der Waals surface area contributed by atoms with E-state index in [0.29, 0.717) is 12.8 Å². The molecule has 2 unspecified atom stereocenters. The van der Waals surface area contributed by atoms with Crippen molar-refractivity contribution in [3.8, 4) is 6.07 Å². The van der Waals surface area contributed by atoms with Crippen LogP contribution in [0.15, 0.2) is 24.3 Å². The second kappa shape index (κ2) is 7.36. The highest BCUT2D eigenvalue weighted by Crippen LogP contribution is 2.10. The molecule has 110 valence electrons. The summed E-state index contributed by atoms with van der Waals surface area (Å²) in [4.78, 5) is 0. The fraction of sp³-hybridized carbons (Fsp3) is 0.500. The molecule has 0 bridgehead atoms. The number of nitriles is 1. The molecule has 1 aromatic carbocycles. The van der Waals surface area contributed by atoms with Gasteiger partial charge in [0, 0.05) is 6.04 Å². The van der Waals surface area contributed by atoms with E-state index in [1.165, 1.54) is 12.1 Å². The summed E-state index contributed by atoms with van der Waals surface area (Å²) in [6, 6.07) is 7.71. The molecule has 4 nitrogen and oxygen atoms in total. The molecule has 0 saturated heterocycles. The first-order valence-corrected chi connectivity index (χ1v) is 8.09. The van der Waals surface area contributed by atoms with Gasteiger partial charge in [-0.2, -0.15) is 5.26 Å². The molecule has 0 radical (unpaired) electrons. The van der Waals surface area contributed by atoms with Gasteiger partial charge in [-0.1, -0.05) is 19.1 Å². The average molecular weight is 298 g/mol. The molecule has 0 heterocycles. The number of halogens is 1. The van der Waals surface area contributed by atoms with Crippen LogP contribution >= 0.6 is 0 Å². The number of hydrogen-bond donors (Lipinski definition) is 1. The number of sulfonamides is 1. The Balaban J connectivity index is 2.56. The Hall–Kier alpha value is -1.45. The fourth-order valence-electron chi connectivity index (χ4n) is 1.88. The molecule has 2 atom stereocenters. The molecular weight excluding hydrogens is 279 g/mol. The van der Waals surface area contributed by atoms with Gasteiger partial charge in [0.15, 0.2) is 5.25 Å². The van der Waals surface area contributed by atoms with Crippen molar-refractivity contribution in [1.82, 2.24) is 4.72 Å². The lowest BCUT2D eigenvalue weighted by molar-refractivity contribution is 0.539. The van der Waals surface area contributed by atoms with Gasteiger partial charge < -0.3 is 0 Å². The number of rotatable bonds is 7. The van der Waals surface area contributed by atoms with Gasteiger partial charge in [-0.15, -0.1) is 0 Å². The van der Waals surface area contributed by atoms with E-state index in [1.54, 1.807) is 32.0 Å². The standard InChI is InChI=1S/C14H19FN2O2S/c1-3-14(10-16)20(18,19)17-11(2)7-8-12-5-4-6-13(15)9-12/h4-6,9,11,14,17H,3,7-8H2,1-2H3. The van der Waals surface area contributed by atoms with Crippen molar-refractivity contribution < 1.29 is 12.8 Å². The molecule has 6 heteroatoms. The highest BCUT2D eigenvalue weighted by Gasteiger charge is 2.24. The number of hydrogen-bond acceptors (Lipinski definition) is 3. The van der Waals surface area contributed by atoms with Crippen molar-refractivity contribution in [2.24, 2.45) is 0 Å². The minimum atomic E-state index is -3.62. The van der Waals surface area contributed by atoms with Crippen LogP contribution in [0.3, 0.4) is 0 Å². The normalized spacial score (nSPS) is 14.5. The Morgan fingerprint density at radius 1 is 1.45 bits per heavy atom. The Bertz CT molecular complexity index is 581. The maximum absolute atomic E-state index is 13.0. The molecule has 1 N–H and O–H groups in total. The van der Waals surface area contributed by atoms with Gasteiger partial charge in [0.25, 0.3) is 0 Å². The van der Waals surface area contributed by atoms with Crippen molar-refractivity contribution >= 4 is 10.0 Å². The predicted molar refractivity (Wildman–Crippen MR) is 75.9 cm³/mol. The molecule has 0 fully saturated rings. The molecule has 0 aliphatic rings. The third kappa shape index (κ3) is 4.91. The zero-order valence-corrected chi connectivity index (χ0v) is 12.5. The lowest BCUT2D eigenvalue weighted by Crippen LogP contribution is -2.39. The molecule has 1 aromatic rings. The van der Waals surface area contributed by atoms with E-state index < -0.39 is 15.3 Å². The highest BCUT2D eigenvalue weighted by molar-refractivity contribution is 7.90. The quantitative estimate of drug-likeness (QED) is 0.840. The number of nitrogens with one attached hydrogen (secondary N) is 1. The number of nitrogens with zero attached hydrogens (tertiary/aromatic N) is 1.